The summed E-state index contributed by atoms with van der Waals surface area (Å²) in [6.07, 6.45) is -0.0139. The number of carbonyl (C=O) groups excluding carboxylic acids is 4. The molecular weight excluding hydrogens is 486 g/mol. The molecule has 0 spiro atoms. The average molecular weight is 524 g/mol. The molecule has 0 bridgehead atoms. The van der Waals surface area contributed by atoms with Crippen LogP contribution in [0.4, 0.5) is 0 Å². The summed E-state index contributed by atoms with van der Waals surface area (Å²) in [4.78, 5) is 61.9. The van der Waals surface area contributed by atoms with Gasteiger partial charge >= 0.3 is 5.97 Å². The van der Waals surface area contributed by atoms with Gasteiger partial charge in [-0.15, -0.1) is 0 Å². The summed E-state index contributed by atoms with van der Waals surface area (Å²) in [5.74, 6) is -4.90. The number of aliphatic carboxylic acids is 1. The summed E-state index contributed by atoms with van der Waals surface area (Å²) in [6.45, 7) is 5.45. The largest absolute Gasteiger partial charge is 0.508 e. The highest BCUT2D eigenvalue weighted by molar-refractivity contribution is 5.95. The third-order valence-corrected chi connectivity index (χ3v) is 5.45. The van der Waals surface area contributed by atoms with Crippen molar-refractivity contribution in [3.05, 3.63) is 29.8 Å². The first-order valence-corrected chi connectivity index (χ1v) is 11.8. The van der Waals surface area contributed by atoms with E-state index in [4.69, 9.17) is 15.9 Å². The van der Waals surface area contributed by atoms with Crippen molar-refractivity contribution >= 4 is 29.6 Å². The number of carbonyl (C=O) groups is 5. The zero-order chi connectivity index (χ0) is 28.3. The van der Waals surface area contributed by atoms with Crippen LogP contribution in [0.5, 0.6) is 5.75 Å². The Labute approximate surface area is 215 Å². The molecule has 0 aliphatic carbocycles. The highest BCUT2D eigenvalue weighted by atomic mass is 16.4. The molecule has 4 atom stereocenters. The number of carboxylic acids is 1. The maximum absolute atomic E-state index is 13.2. The van der Waals surface area contributed by atoms with Gasteiger partial charge in [0.25, 0.3) is 0 Å². The summed E-state index contributed by atoms with van der Waals surface area (Å²) in [5, 5.41) is 37.3. The number of phenols is 1. The average Bonchev–Trinajstić information content (AvgIpc) is 2.83. The predicted octanol–water partition coefficient (Wildman–Crippen LogP) is -1.78. The molecular formula is C24H37N5O8. The molecule has 0 heterocycles. The van der Waals surface area contributed by atoms with Gasteiger partial charge < -0.3 is 42.3 Å². The second-order valence-electron chi connectivity index (χ2n) is 9.29. The molecule has 9 N–H and O–H groups in total. The molecule has 0 saturated carbocycles. The first kappa shape index (κ1) is 31.3. The van der Waals surface area contributed by atoms with Gasteiger partial charge in [-0.25, -0.2) is 0 Å². The molecule has 206 valence electrons. The maximum Gasteiger partial charge on any atom is 0.322 e. The van der Waals surface area contributed by atoms with Crippen molar-refractivity contribution in [1.82, 2.24) is 21.3 Å². The number of nitrogens with one attached hydrogen (secondary N) is 4. The van der Waals surface area contributed by atoms with E-state index in [9.17, 15) is 29.1 Å². The first-order valence-electron chi connectivity index (χ1n) is 11.8. The minimum absolute atomic E-state index is 0.00833. The Bertz CT molecular complexity index is 951. The van der Waals surface area contributed by atoms with E-state index in [-0.39, 0.29) is 18.1 Å². The quantitative estimate of drug-likeness (QED) is 0.138. The lowest BCUT2D eigenvalue weighted by Gasteiger charge is -2.29. The molecule has 0 aliphatic heterocycles. The number of carboxylic acid groups (broad SMARTS) is 1. The number of aliphatic hydroxyl groups is 1. The van der Waals surface area contributed by atoms with Crippen LogP contribution in [-0.4, -0.2) is 82.2 Å². The fraction of sp³-hybridized carbons (Fsp3) is 0.542. The Kier molecular flexibility index (Phi) is 12.5. The summed E-state index contributed by atoms with van der Waals surface area (Å²) in [5.41, 5.74) is 6.10. The lowest BCUT2D eigenvalue weighted by atomic mass is 9.98. The minimum atomic E-state index is -1.27. The maximum atomic E-state index is 13.2. The van der Waals surface area contributed by atoms with Crippen LogP contribution < -0.4 is 27.0 Å². The van der Waals surface area contributed by atoms with Gasteiger partial charge in [-0.05, 0) is 29.5 Å². The standard InChI is InChI=1S/C24H37N5O8/c1-12(2)19(29-24(37)20(13(3)4)28-21(34)16(25)11-30)23(36)27-17(22(35)26-10-18(32)33)9-14-5-7-15(31)8-6-14/h5-8,12-13,16-17,19-20,30-31H,9-11,25H2,1-4H3,(H,26,35)(H,27,36)(H,28,34)(H,29,37)(H,32,33)/t16-,17-,19-,20-/m0/s1. The molecule has 4 amide bonds. The van der Waals surface area contributed by atoms with E-state index in [1.165, 1.54) is 12.1 Å². The van der Waals surface area contributed by atoms with Gasteiger partial charge in [-0.1, -0.05) is 39.8 Å². The van der Waals surface area contributed by atoms with E-state index < -0.39 is 72.8 Å². The topological polar surface area (TPSA) is 220 Å². The predicted molar refractivity (Wildman–Crippen MR) is 133 cm³/mol. The number of phenolic OH excluding ortho intramolecular Hbond substituents is 1. The molecule has 37 heavy (non-hydrogen) atoms. The Hall–Kier alpha value is -3.71. The molecule has 1 aromatic rings. The van der Waals surface area contributed by atoms with Crippen molar-refractivity contribution in [3.8, 4) is 5.75 Å². The van der Waals surface area contributed by atoms with Crippen LogP contribution in [0.3, 0.4) is 0 Å². The lowest BCUT2D eigenvalue weighted by molar-refractivity contribution is -0.138. The highest BCUT2D eigenvalue weighted by Crippen LogP contribution is 2.12. The van der Waals surface area contributed by atoms with Crippen molar-refractivity contribution in [3.63, 3.8) is 0 Å². The number of aliphatic hydroxyl groups excluding tert-OH is 1. The van der Waals surface area contributed by atoms with E-state index >= 15 is 0 Å². The summed E-state index contributed by atoms with van der Waals surface area (Å²) < 4.78 is 0. The molecule has 0 aromatic heterocycles. The van der Waals surface area contributed by atoms with E-state index in [0.29, 0.717) is 5.56 Å². The SMILES string of the molecule is CC(C)[C@H](NC(=O)[C@@H](NC(=O)[C@@H](N)CO)C(C)C)C(=O)N[C@@H](Cc1ccc(O)cc1)C(=O)NCC(=O)O. The molecule has 13 nitrogen and oxygen atoms in total. The van der Waals surface area contributed by atoms with E-state index in [0.717, 1.165) is 0 Å². The second kappa shape index (κ2) is 14.8. The Morgan fingerprint density at radius 3 is 1.76 bits per heavy atom. The van der Waals surface area contributed by atoms with E-state index in [2.05, 4.69) is 21.3 Å². The Balaban J connectivity index is 3.08. The fourth-order valence-corrected chi connectivity index (χ4v) is 3.28. The second-order valence-corrected chi connectivity index (χ2v) is 9.29. The molecule has 0 unspecified atom stereocenters. The van der Waals surface area contributed by atoms with Crippen LogP contribution in [0.15, 0.2) is 24.3 Å². The van der Waals surface area contributed by atoms with Gasteiger partial charge in [0.2, 0.25) is 23.6 Å². The molecule has 13 heteroatoms. The van der Waals surface area contributed by atoms with Gasteiger partial charge in [0, 0.05) is 6.42 Å². The third kappa shape index (κ3) is 10.4. The summed E-state index contributed by atoms with van der Waals surface area (Å²) in [7, 11) is 0. The van der Waals surface area contributed by atoms with Crippen molar-refractivity contribution < 1.29 is 39.3 Å². The summed E-state index contributed by atoms with van der Waals surface area (Å²) >= 11 is 0. The number of benzene rings is 1. The number of rotatable bonds is 14. The Morgan fingerprint density at radius 2 is 1.30 bits per heavy atom. The van der Waals surface area contributed by atoms with E-state index in [1.807, 2.05) is 0 Å². The van der Waals surface area contributed by atoms with Gasteiger partial charge in [-0.2, -0.15) is 0 Å². The van der Waals surface area contributed by atoms with Crippen LogP contribution in [0.2, 0.25) is 0 Å². The first-order chi connectivity index (χ1) is 17.3. The van der Waals surface area contributed by atoms with Gasteiger partial charge in [-0.3, -0.25) is 24.0 Å². The molecule has 0 aliphatic rings. The van der Waals surface area contributed by atoms with Crippen molar-refractivity contribution in [1.29, 1.82) is 0 Å². The number of nitrogens with two attached hydrogens (primary N) is 1. The number of hydrogen-bond acceptors (Lipinski definition) is 8. The number of hydrogen-bond donors (Lipinski definition) is 8. The van der Waals surface area contributed by atoms with Crippen LogP contribution in [-0.2, 0) is 30.4 Å². The normalized spacial score (nSPS) is 14.3. The van der Waals surface area contributed by atoms with Crippen molar-refractivity contribution in [2.75, 3.05) is 13.2 Å². The molecule has 0 fully saturated rings. The van der Waals surface area contributed by atoms with Gasteiger partial charge in [0.1, 0.15) is 36.5 Å². The highest BCUT2D eigenvalue weighted by Gasteiger charge is 2.33. The van der Waals surface area contributed by atoms with Gasteiger partial charge in [0.15, 0.2) is 0 Å². The number of amides is 4. The van der Waals surface area contributed by atoms with Crippen LogP contribution in [0.25, 0.3) is 0 Å². The summed E-state index contributed by atoms with van der Waals surface area (Å²) in [6, 6.07) is 1.35. The Morgan fingerprint density at radius 1 is 0.811 bits per heavy atom. The van der Waals surface area contributed by atoms with Crippen LogP contribution >= 0.6 is 0 Å². The molecule has 0 radical (unpaired) electrons. The fourth-order valence-electron chi connectivity index (χ4n) is 3.28. The number of aromatic hydroxyl groups is 1. The zero-order valence-corrected chi connectivity index (χ0v) is 21.4. The molecule has 1 rings (SSSR count). The minimum Gasteiger partial charge on any atom is -0.508 e. The van der Waals surface area contributed by atoms with Crippen molar-refractivity contribution in [2.24, 2.45) is 17.6 Å². The van der Waals surface area contributed by atoms with Crippen molar-refractivity contribution in [2.45, 2.75) is 58.3 Å². The third-order valence-electron chi connectivity index (χ3n) is 5.45. The monoisotopic (exact) mass is 523 g/mol. The van der Waals surface area contributed by atoms with Gasteiger partial charge in [0.05, 0.1) is 6.61 Å². The smallest absolute Gasteiger partial charge is 0.322 e. The molecule has 1 aromatic carbocycles. The lowest BCUT2D eigenvalue weighted by Crippen LogP contribution is -2.60. The van der Waals surface area contributed by atoms with E-state index in [1.54, 1.807) is 39.8 Å². The molecule has 0 saturated heterocycles. The van der Waals surface area contributed by atoms with Crippen LogP contribution in [0.1, 0.15) is 33.3 Å². The zero-order valence-electron chi connectivity index (χ0n) is 21.4. The van der Waals surface area contributed by atoms with Crippen LogP contribution in [0, 0.1) is 11.8 Å².